The summed E-state index contributed by atoms with van der Waals surface area (Å²) < 4.78 is 10.5. The maximum Gasteiger partial charge on any atom is 0.122 e. The lowest BCUT2D eigenvalue weighted by Gasteiger charge is -2.08. The molecule has 0 saturated carbocycles. The predicted molar refractivity (Wildman–Crippen MR) is 66.1 cm³/mol. The summed E-state index contributed by atoms with van der Waals surface area (Å²) in [6, 6.07) is 5.83. The van der Waals surface area contributed by atoms with E-state index in [9.17, 15) is 0 Å². The van der Waals surface area contributed by atoms with Crippen LogP contribution in [-0.4, -0.2) is 26.2 Å². The standard InChI is InChI=1S/C13H15ClO2/c1-11-10-12(4-3-7-14)5-6-13(11)16-9-8-15-2/h5-6,10H,7-9H2,1-2H3. The first-order valence-electron chi connectivity index (χ1n) is 5.05. The highest BCUT2D eigenvalue weighted by atomic mass is 35.5. The molecule has 0 aliphatic rings. The molecule has 0 aliphatic carbocycles. The molecule has 0 unspecified atom stereocenters. The van der Waals surface area contributed by atoms with Gasteiger partial charge in [-0.25, -0.2) is 0 Å². The second-order valence-corrected chi connectivity index (χ2v) is 3.52. The number of ether oxygens (including phenoxy) is 2. The third-order valence-corrected chi connectivity index (χ3v) is 2.15. The van der Waals surface area contributed by atoms with Gasteiger partial charge in [-0.2, -0.15) is 0 Å². The zero-order chi connectivity index (χ0) is 11.8. The highest BCUT2D eigenvalue weighted by Gasteiger charge is 1.99. The van der Waals surface area contributed by atoms with Gasteiger partial charge in [0.2, 0.25) is 0 Å². The van der Waals surface area contributed by atoms with Crippen LogP contribution in [0, 0.1) is 18.8 Å². The van der Waals surface area contributed by atoms with E-state index < -0.39 is 0 Å². The van der Waals surface area contributed by atoms with Crippen molar-refractivity contribution in [3.63, 3.8) is 0 Å². The van der Waals surface area contributed by atoms with E-state index in [0.717, 1.165) is 16.9 Å². The third kappa shape index (κ3) is 4.14. The molecule has 1 rings (SSSR count). The van der Waals surface area contributed by atoms with Crippen molar-refractivity contribution in [2.75, 3.05) is 26.2 Å². The molecule has 0 heterocycles. The Kier molecular flexibility index (Phi) is 5.77. The van der Waals surface area contributed by atoms with Gasteiger partial charge in [-0.05, 0) is 30.7 Å². The molecule has 0 fully saturated rings. The van der Waals surface area contributed by atoms with Crippen molar-refractivity contribution in [1.82, 2.24) is 0 Å². The van der Waals surface area contributed by atoms with Crippen molar-refractivity contribution in [3.8, 4) is 17.6 Å². The molecule has 0 saturated heterocycles. The van der Waals surface area contributed by atoms with Crippen LogP contribution in [0.1, 0.15) is 11.1 Å². The fourth-order valence-corrected chi connectivity index (χ4v) is 1.33. The van der Waals surface area contributed by atoms with Gasteiger partial charge in [-0.15, -0.1) is 11.6 Å². The fraction of sp³-hybridized carbons (Fsp3) is 0.385. The van der Waals surface area contributed by atoms with Crippen LogP contribution in [0.5, 0.6) is 5.75 Å². The van der Waals surface area contributed by atoms with Crippen LogP contribution in [0.2, 0.25) is 0 Å². The molecule has 86 valence electrons. The number of hydrogen-bond acceptors (Lipinski definition) is 2. The molecule has 2 nitrogen and oxygen atoms in total. The Morgan fingerprint density at radius 2 is 2.12 bits per heavy atom. The van der Waals surface area contributed by atoms with Crippen LogP contribution in [0.4, 0.5) is 0 Å². The first-order valence-corrected chi connectivity index (χ1v) is 5.58. The highest BCUT2D eigenvalue weighted by molar-refractivity contribution is 6.19. The van der Waals surface area contributed by atoms with Crippen LogP contribution in [0.15, 0.2) is 18.2 Å². The van der Waals surface area contributed by atoms with E-state index in [1.807, 2.05) is 25.1 Å². The quantitative estimate of drug-likeness (QED) is 0.456. The predicted octanol–water partition coefficient (Wildman–Crippen LogP) is 2.61. The summed E-state index contributed by atoms with van der Waals surface area (Å²) in [5.74, 6) is 7.01. The second kappa shape index (κ2) is 7.16. The van der Waals surface area contributed by atoms with Crippen LogP contribution in [0.3, 0.4) is 0 Å². The SMILES string of the molecule is COCCOc1ccc(C#CCCl)cc1C. The monoisotopic (exact) mass is 238 g/mol. The van der Waals surface area contributed by atoms with E-state index in [4.69, 9.17) is 21.1 Å². The smallest absolute Gasteiger partial charge is 0.122 e. The Morgan fingerprint density at radius 3 is 2.75 bits per heavy atom. The molecular weight excluding hydrogens is 224 g/mol. The summed E-state index contributed by atoms with van der Waals surface area (Å²) in [5, 5.41) is 0. The maximum atomic E-state index is 5.54. The normalized spacial score (nSPS) is 9.44. The van der Waals surface area contributed by atoms with Gasteiger partial charge in [0.15, 0.2) is 0 Å². The van der Waals surface area contributed by atoms with E-state index in [0.29, 0.717) is 19.1 Å². The molecule has 0 aliphatic heterocycles. The van der Waals surface area contributed by atoms with Crippen LogP contribution in [-0.2, 0) is 4.74 Å². The summed E-state index contributed by atoms with van der Waals surface area (Å²) in [6.45, 7) is 3.14. The number of methoxy groups -OCH3 is 1. The molecule has 0 atom stereocenters. The van der Waals surface area contributed by atoms with Gasteiger partial charge in [0, 0.05) is 12.7 Å². The Hall–Kier alpha value is -1.17. The third-order valence-electron chi connectivity index (χ3n) is 2.02. The van der Waals surface area contributed by atoms with Gasteiger partial charge in [0.1, 0.15) is 12.4 Å². The van der Waals surface area contributed by atoms with Gasteiger partial charge in [-0.3, -0.25) is 0 Å². The van der Waals surface area contributed by atoms with Crippen molar-refractivity contribution < 1.29 is 9.47 Å². The van der Waals surface area contributed by atoms with Crippen LogP contribution in [0.25, 0.3) is 0 Å². The number of rotatable bonds is 4. The summed E-state index contributed by atoms with van der Waals surface area (Å²) in [7, 11) is 1.65. The molecule has 1 aromatic carbocycles. The topological polar surface area (TPSA) is 18.5 Å². The van der Waals surface area contributed by atoms with Gasteiger partial charge in [0.05, 0.1) is 12.5 Å². The first-order chi connectivity index (χ1) is 7.77. The zero-order valence-electron chi connectivity index (χ0n) is 9.55. The summed E-state index contributed by atoms with van der Waals surface area (Å²) in [6.07, 6.45) is 0. The molecule has 3 heteroatoms. The number of halogens is 1. The minimum Gasteiger partial charge on any atom is -0.491 e. The van der Waals surface area contributed by atoms with Gasteiger partial charge in [0.25, 0.3) is 0 Å². The first kappa shape index (κ1) is 12.9. The molecule has 16 heavy (non-hydrogen) atoms. The lowest BCUT2D eigenvalue weighted by molar-refractivity contribution is 0.146. The van der Waals surface area contributed by atoms with E-state index >= 15 is 0 Å². The van der Waals surface area contributed by atoms with Crippen molar-refractivity contribution in [1.29, 1.82) is 0 Å². The highest BCUT2D eigenvalue weighted by Crippen LogP contribution is 2.18. The molecule has 0 radical (unpaired) electrons. The number of benzene rings is 1. The van der Waals surface area contributed by atoms with Crippen molar-refractivity contribution in [2.45, 2.75) is 6.92 Å². The van der Waals surface area contributed by atoms with Crippen molar-refractivity contribution >= 4 is 11.6 Å². The Balaban J connectivity index is 2.67. The van der Waals surface area contributed by atoms with Crippen molar-refractivity contribution in [3.05, 3.63) is 29.3 Å². The molecule has 0 aromatic heterocycles. The number of hydrogen-bond donors (Lipinski definition) is 0. The molecule has 0 bridgehead atoms. The van der Waals surface area contributed by atoms with Gasteiger partial charge < -0.3 is 9.47 Å². The van der Waals surface area contributed by atoms with E-state index in [1.54, 1.807) is 7.11 Å². The van der Waals surface area contributed by atoms with Crippen LogP contribution < -0.4 is 4.74 Å². The van der Waals surface area contributed by atoms with Gasteiger partial charge >= 0.3 is 0 Å². The average molecular weight is 239 g/mol. The van der Waals surface area contributed by atoms with Crippen LogP contribution >= 0.6 is 11.6 Å². The summed E-state index contributed by atoms with van der Waals surface area (Å²) in [5.41, 5.74) is 2.02. The Labute approximate surface area is 102 Å². The largest absolute Gasteiger partial charge is 0.491 e. The van der Waals surface area contributed by atoms with E-state index in [1.165, 1.54) is 0 Å². The molecular formula is C13H15ClO2. The van der Waals surface area contributed by atoms with E-state index in [-0.39, 0.29) is 0 Å². The average Bonchev–Trinajstić information content (AvgIpc) is 2.29. The van der Waals surface area contributed by atoms with Gasteiger partial charge in [-0.1, -0.05) is 11.8 Å². The number of aryl methyl sites for hydroxylation is 1. The minimum absolute atomic E-state index is 0.352. The zero-order valence-corrected chi connectivity index (χ0v) is 10.3. The Morgan fingerprint density at radius 1 is 1.31 bits per heavy atom. The lowest BCUT2D eigenvalue weighted by atomic mass is 10.1. The molecule has 0 N–H and O–H groups in total. The fourth-order valence-electron chi connectivity index (χ4n) is 1.26. The Bertz CT molecular complexity index is 391. The van der Waals surface area contributed by atoms with E-state index in [2.05, 4.69) is 11.8 Å². The molecule has 1 aromatic rings. The maximum absolute atomic E-state index is 5.54. The minimum atomic E-state index is 0.352. The number of alkyl halides is 1. The summed E-state index contributed by atoms with van der Waals surface area (Å²) in [4.78, 5) is 0. The summed E-state index contributed by atoms with van der Waals surface area (Å²) >= 11 is 5.49. The van der Waals surface area contributed by atoms with Crippen molar-refractivity contribution in [2.24, 2.45) is 0 Å². The lowest BCUT2D eigenvalue weighted by Crippen LogP contribution is -2.05. The second-order valence-electron chi connectivity index (χ2n) is 3.26. The molecule has 0 amide bonds. The molecule has 0 spiro atoms.